The zero-order chi connectivity index (χ0) is 40.3. The third-order valence-electron chi connectivity index (χ3n) is 9.68. The van der Waals surface area contributed by atoms with Crippen molar-refractivity contribution in [2.24, 2.45) is 5.41 Å². The van der Waals surface area contributed by atoms with E-state index < -0.39 is 18.6 Å². The summed E-state index contributed by atoms with van der Waals surface area (Å²) in [6.07, 6.45) is 1.50. The van der Waals surface area contributed by atoms with Gasteiger partial charge in [-0.1, -0.05) is 130 Å². The number of rotatable bonds is 3. The fraction of sp³-hybridized carbons (Fsp3) is 0.184. The largest absolute Gasteiger partial charge is 0.501 e. The van der Waals surface area contributed by atoms with Crippen LogP contribution in [0.1, 0.15) is 63.7 Å². The van der Waals surface area contributed by atoms with Gasteiger partial charge in [-0.2, -0.15) is 0 Å². The molecule has 5 aromatic carbocycles. The minimum Gasteiger partial charge on any atom is -0.501 e. The minimum absolute atomic E-state index is 0. The maximum atomic E-state index is 8.48. The molecular weight excluding hydrogens is 825 g/mol. The molecule has 0 saturated carbocycles. The van der Waals surface area contributed by atoms with E-state index in [-0.39, 0.29) is 36.6 Å². The topological polar surface area (TPSA) is 38.9 Å². The van der Waals surface area contributed by atoms with Gasteiger partial charge in [-0.3, -0.25) is 0 Å². The third-order valence-corrected chi connectivity index (χ3v) is 9.68. The average Bonchev–Trinajstić information content (AvgIpc) is 3.56. The normalized spacial score (nSPS) is 14.7. The van der Waals surface area contributed by atoms with E-state index in [4.69, 9.17) is 16.3 Å². The van der Waals surface area contributed by atoms with Crippen molar-refractivity contribution < 1.29 is 31.4 Å². The average molecular weight is 872 g/mol. The zero-order valence-electron chi connectivity index (χ0n) is 35.3. The zero-order valence-corrected chi connectivity index (χ0v) is 32.7. The number of nitrogens with zero attached hydrogens (tertiary/aromatic N) is 2. The molecule has 3 nitrogen and oxygen atoms in total. The summed E-state index contributed by atoms with van der Waals surface area (Å²) >= 11 is 0. The summed E-state index contributed by atoms with van der Waals surface area (Å²) in [6, 6.07) is 47.1. The molecule has 0 bridgehead atoms. The predicted octanol–water partition coefficient (Wildman–Crippen LogP) is 12.9. The molecule has 9 rings (SSSR count). The van der Waals surface area contributed by atoms with Gasteiger partial charge in [0.2, 0.25) is 0 Å². The molecule has 1 aliphatic rings. The Balaban J connectivity index is 0.000000188. The molecule has 0 spiro atoms. The molecule has 3 aromatic heterocycles. The van der Waals surface area contributed by atoms with E-state index in [9.17, 15) is 0 Å². The van der Waals surface area contributed by atoms with Crippen molar-refractivity contribution in [3.8, 4) is 44.8 Å². The van der Waals surface area contributed by atoms with Crippen molar-refractivity contribution in [3.05, 3.63) is 168 Å². The number of furan rings is 1. The van der Waals surface area contributed by atoms with Crippen LogP contribution in [0.4, 0.5) is 0 Å². The summed E-state index contributed by atoms with van der Waals surface area (Å²) in [4.78, 5) is 9.19. The fourth-order valence-electron chi connectivity index (χ4n) is 7.22. The van der Waals surface area contributed by atoms with Crippen molar-refractivity contribution in [1.29, 1.82) is 0 Å². The van der Waals surface area contributed by atoms with Gasteiger partial charge in [-0.25, -0.2) is 0 Å². The molecular formula is C49H42IrN2O-2. The summed E-state index contributed by atoms with van der Waals surface area (Å²) in [6.45, 7) is 7.44. The number of hydrogen-bond donors (Lipinski definition) is 0. The van der Waals surface area contributed by atoms with Gasteiger partial charge in [0, 0.05) is 50.2 Å². The van der Waals surface area contributed by atoms with Crippen LogP contribution in [0.15, 0.2) is 138 Å². The van der Waals surface area contributed by atoms with E-state index >= 15 is 0 Å². The Labute approximate surface area is 333 Å². The number of fused-ring (bicyclic) bond motifs is 8. The summed E-state index contributed by atoms with van der Waals surface area (Å²) in [5.74, 6) is 0. The second-order valence-electron chi connectivity index (χ2n) is 14.8. The summed E-state index contributed by atoms with van der Waals surface area (Å²) in [5, 5.41) is 2.21. The Morgan fingerprint density at radius 3 is 2.15 bits per heavy atom. The van der Waals surface area contributed by atoms with Crippen LogP contribution in [0.25, 0.3) is 66.7 Å². The Bertz CT molecular complexity index is 2780. The van der Waals surface area contributed by atoms with Crippen LogP contribution in [0.5, 0.6) is 0 Å². The van der Waals surface area contributed by atoms with Crippen molar-refractivity contribution in [2.45, 2.75) is 53.3 Å². The molecule has 53 heavy (non-hydrogen) atoms. The third kappa shape index (κ3) is 6.90. The van der Waals surface area contributed by atoms with Crippen LogP contribution in [0, 0.1) is 24.4 Å². The monoisotopic (exact) mass is 872 g/mol. The quantitative estimate of drug-likeness (QED) is 0.166. The van der Waals surface area contributed by atoms with Gasteiger partial charge >= 0.3 is 0 Å². The Kier molecular flexibility index (Phi) is 8.21. The van der Waals surface area contributed by atoms with Gasteiger partial charge in [-0.15, -0.1) is 54.1 Å². The van der Waals surface area contributed by atoms with Crippen LogP contribution in [0.2, 0.25) is 0 Å². The Morgan fingerprint density at radius 1 is 0.698 bits per heavy atom. The van der Waals surface area contributed by atoms with Crippen LogP contribution >= 0.6 is 0 Å². The second kappa shape index (κ2) is 14.3. The molecule has 8 aromatic rings. The van der Waals surface area contributed by atoms with Gasteiger partial charge < -0.3 is 14.4 Å². The van der Waals surface area contributed by atoms with E-state index in [1.54, 1.807) is 32.9 Å². The first-order valence-electron chi connectivity index (χ1n) is 20.1. The Hall–Kier alpha value is -5.15. The van der Waals surface area contributed by atoms with Crippen LogP contribution in [-0.4, -0.2) is 9.97 Å². The van der Waals surface area contributed by atoms with Crippen molar-refractivity contribution in [3.63, 3.8) is 0 Å². The molecule has 265 valence electrons. The molecule has 0 atom stereocenters. The number of pyridine rings is 2. The smallest absolute Gasteiger partial charge is 0.120 e. The van der Waals surface area contributed by atoms with Gasteiger partial charge in [0.05, 0.1) is 5.58 Å². The maximum absolute atomic E-state index is 8.48. The van der Waals surface area contributed by atoms with Crippen LogP contribution < -0.4 is 0 Å². The van der Waals surface area contributed by atoms with E-state index in [2.05, 4.69) is 104 Å². The molecule has 0 aliphatic heterocycles. The Morgan fingerprint density at radius 2 is 1.40 bits per heavy atom. The van der Waals surface area contributed by atoms with Crippen LogP contribution in [-0.2, 0) is 31.9 Å². The van der Waals surface area contributed by atoms with E-state index in [1.165, 1.54) is 39.6 Å². The van der Waals surface area contributed by atoms with E-state index in [1.807, 2.05) is 42.5 Å². The number of aryl methyl sites for hydroxylation is 1. The van der Waals surface area contributed by atoms with E-state index in [0.29, 0.717) is 11.3 Å². The number of para-hydroxylation sites is 1. The number of aromatic nitrogens is 2. The molecule has 1 radical (unpaired) electrons. The van der Waals surface area contributed by atoms with Gasteiger partial charge in [-0.05, 0) is 75.0 Å². The summed E-state index contributed by atoms with van der Waals surface area (Å²) in [7, 11) is 0. The molecule has 0 saturated heterocycles. The van der Waals surface area contributed by atoms with Gasteiger partial charge in [0.25, 0.3) is 0 Å². The number of benzene rings is 5. The molecule has 3 heterocycles. The van der Waals surface area contributed by atoms with E-state index in [0.717, 1.165) is 33.2 Å². The summed E-state index contributed by atoms with van der Waals surface area (Å²) in [5.41, 5.74) is 11.4. The van der Waals surface area contributed by atoms with Crippen LogP contribution in [0.3, 0.4) is 0 Å². The van der Waals surface area contributed by atoms with Gasteiger partial charge in [0.15, 0.2) is 0 Å². The molecule has 0 unspecified atom stereocenters. The predicted molar refractivity (Wildman–Crippen MR) is 215 cm³/mol. The minimum atomic E-state index is -2.42. The molecule has 0 fully saturated rings. The standard InChI is InChI=1S/C32H22NO.C17H20N.Ir/c1-32(2)27-16-7-5-12-22(27)20-10-3-4-11-21(20)26-18-29(33-19-28(26)32)25-15-9-14-24-23-13-6-8-17-30(23)34-31(24)25;1-13-12-18-16(14-8-6-5-7-9-14)10-15(13)11-17(2,3)4;/h3-14,16-19H,1-2H3;5-8,10,12H,11H2,1-4H3;/q2*-1;/i;1D3,11D2;. The second-order valence-corrected chi connectivity index (χ2v) is 14.8. The van der Waals surface area contributed by atoms with Crippen molar-refractivity contribution in [1.82, 2.24) is 9.97 Å². The first kappa shape index (κ1) is 30.3. The number of hydrogen-bond acceptors (Lipinski definition) is 3. The maximum Gasteiger partial charge on any atom is 0.120 e. The van der Waals surface area contributed by atoms with Crippen molar-refractivity contribution in [2.75, 3.05) is 0 Å². The first-order valence-corrected chi connectivity index (χ1v) is 17.6. The molecule has 1 aliphatic carbocycles. The summed E-state index contributed by atoms with van der Waals surface area (Å²) < 4.78 is 46.3. The molecule has 0 N–H and O–H groups in total. The van der Waals surface area contributed by atoms with Gasteiger partial charge in [0.1, 0.15) is 5.58 Å². The molecule has 0 amide bonds. The molecule has 4 heteroatoms. The SMILES string of the molecule is CC1(C)c2ccccc2-c2ccccc2-c2cc(-c3[c-]ccc4c3oc3ccccc34)ncc21.[2H]C([2H])([2H])c1cnc(-c2[c-]cccc2)cc1C([2H])([2H])C(C)(C)C.[Ir]. The van der Waals surface area contributed by atoms with Crippen molar-refractivity contribution >= 4 is 21.9 Å². The first-order chi connectivity index (χ1) is 27.1. The fourth-order valence-corrected chi connectivity index (χ4v) is 7.22.